The Hall–Kier alpha value is -1.43. The first-order valence-electron chi connectivity index (χ1n) is 8.77. The van der Waals surface area contributed by atoms with Crippen molar-refractivity contribution >= 4 is 5.91 Å². The fourth-order valence-electron chi connectivity index (χ4n) is 4.15. The minimum absolute atomic E-state index is 0.0917. The molecule has 0 saturated carbocycles. The van der Waals surface area contributed by atoms with E-state index in [-0.39, 0.29) is 18.0 Å². The maximum atomic E-state index is 12.8. The molecule has 23 heavy (non-hydrogen) atoms. The average molecular weight is 322 g/mol. The number of carbonyl (C=O) groups excluding carboxylic acids is 1. The first kappa shape index (κ1) is 16.4. The molecule has 1 spiro atoms. The number of aromatic nitrogens is 2. The monoisotopic (exact) mass is 322 g/mol. The fourth-order valence-corrected chi connectivity index (χ4v) is 4.15. The number of rotatable bonds is 5. The lowest BCUT2D eigenvalue weighted by Crippen LogP contribution is -2.47. The Morgan fingerprint density at radius 3 is 2.91 bits per heavy atom. The molecule has 2 aliphatic heterocycles. The van der Waals surface area contributed by atoms with Crippen molar-refractivity contribution in [2.24, 2.45) is 0 Å². The number of hydrogen-bond acceptors (Lipinski definition) is 3. The van der Waals surface area contributed by atoms with Crippen molar-refractivity contribution in [1.29, 1.82) is 0 Å². The fraction of sp³-hybridized carbons (Fsp3) is 0.765. The predicted molar refractivity (Wildman–Crippen MR) is 86.7 cm³/mol. The minimum atomic E-state index is -0.437. The average Bonchev–Trinajstić information content (AvgIpc) is 3.05. The highest BCUT2D eigenvalue weighted by atomic mass is 19.1. The lowest BCUT2D eigenvalue weighted by molar-refractivity contribution is -0.131. The highest BCUT2D eigenvalue weighted by Crippen LogP contribution is 2.39. The summed E-state index contributed by atoms with van der Waals surface area (Å²) < 4.78 is 14.8. The zero-order chi connectivity index (χ0) is 16.3. The van der Waals surface area contributed by atoms with Crippen LogP contribution >= 0.6 is 0 Å². The van der Waals surface area contributed by atoms with Gasteiger partial charge in [-0.2, -0.15) is 5.10 Å². The number of nitrogens with zero attached hydrogens (tertiary/aromatic N) is 4. The zero-order valence-electron chi connectivity index (χ0n) is 14.0. The summed E-state index contributed by atoms with van der Waals surface area (Å²) in [4.78, 5) is 16.4. The summed E-state index contributed by atoms with van der Waals surface area (Å²) >= 11 is 0. The van der Waals surface area contributed by atoms with Crippen molar-refractivity contribution in [3.63, 3.8) is 0 Å². The Morgan fingerprint density at radius 2 is 2.17 bits per heavy atom. The molecule has 3 heterocycles. The SMILES string of the molecule is CCn1cc(CN2CCC[C@]3(CCC(=O)N3CCF)CC2)cn1. The van der Waals surface area contributed by atoms with Gasteiger partial charge in [0.25, 0.3) is 0 Å². The van der Waals surface area contributed by atoms with Gasteiger partial charge < -0.3 is 4.90 Å². The normalized spacial score (nSPS) is 26.2. The van der Waals surface area contributed by atoms with Gasteiger partial charge in [0.2, 0.25) is 5.91 Å². The molecule has 3 rings (SSSR count). The van der Waals surface area contributed by atoms with Gasteiger partial charge in [0, 0.05) is 49.9 Å². The second-order valence-electron chi connectivity index (χ2n) is 6.79. The molecule has 2 saturated heterocycles. The van der Waals surface area contributed by atoms with Gasteiger partial charge in [-0.05, 0) is 39.2 Å². The maximum Gasteiger partial charge on any atom is 0.223 e. The molecule has 128 valence electrons. The Labute approximate surface area is 137 Å². The van der Waals surface area contributed by atoms with Crippen LogP contribution in [0.3, 0.4) is 0 Å². The Bertz CT molecular complexity index is 546. The van der Waals surface area contributed by atoms with Gasteiger partial charge in [-0.1, -0.05) is 0 Å². The Kier molecular flexibility index (Phi) is 4.99. The summed E-state index contributed by atoms with van der Waals surface area (Å²) in [5.74, 6) is 0.139. The van der Waals surface area contributed by atoms with Crippen molar-refractivity contribution in [1.82, 2.24) is 19.6 Å². The third-order valence-corrected chi connectivity index (χ3v) is 5.41. The van der Waals surface area contributed by atoms with E-state index in [1.54, 1.807) is 0 Å². The van der Waals surface area contributed by atoms with E-state index in [1.165, 1.54) is 5.56 Å². The van der Waals surface area contributed by atoms with E-state index in [0.717, 1.165) is 51.9 Å². The second-order valence-corrected chi connectivity index (χ2v) is 6.79. The van der Waals surface area contributed by atoms with Gasteiger partial charge in [0.05, 0.1) is 6.20 Å². The van der Waals surface area contributed by atoms with Crippen molar-refractivity contribution in [3.05, 3.63) is 18.0 Å². The number of aryl methyl sites for hydroxylation is 1. The molecule has 0 radical (unpaired) electrons. The summed E-state index contributed by atoms with van der Waals surface area (Å²) in [6.07, 6.45) is 8.56. The van der Waals surface area contributed by atoms with E-state index < -0.39 is 6.67 Å². The summed E-state index contributed by atoms with van der Waals surface area (Å²) in [6.45, 7) is 5.72. The van der Waals surface area contributed by atoms with E-state index >= 15 is 0 Å². The number of hydrogen-bond donors (Lipinski definition) is 0. The van der Waals surface area contributed by atoms with Crippen LogP contribution in [0, 0.1) is 0 Å². The maximum absolute atomic E-state index is 12.8. The van der Waals surface area contributed by atoms with Gasteiger partial charge in [-0.15, -0.1) is 0 Å². The smallest absolute Gasteiger partial charge is 0.223 e. The third kappa shape index (κ3) is 3.42. The van der Waals surface area contributed by atoms with Gasteiger partial charge >= 0.3 is 0 Å². The second kappa shape index (κ2) is 6.99. The Morgan fingerprint density at radius 1 is 1.30 bits per heavy atom. The van der Waals surface area contributed by atoms with Crippen molar-refractivity contribution in [2.45, 2.75) is 57.7 Å². The van der Waals surface area contributed by atoms with Crippen LogP contribution in [0.15, 0.2) is 12.4 Å². The molecular formula is C17H27FN4O. The molecule has 2 aliphatic rings. The molecule has 0 bridgehead atoms. The van der Waals surface area contributed by atoms with Crippen LogP contribution in [-0.2, 0) is 17.9 Å². The highest BCUT2D eigenvalue weighted by Gasteiger charge is 2.45. The van der Waals surface area contributed by atoms with E-state index in [1.807, 2.05) is 15.8 Å². The summed E-state index contributed by atoms with van der Waals surface area (Å²) in [5.41, 5.74) is 1.15. The van der Waals surface area contributed by atoms with Crippen LogP contribution in [0.2, 0.25) is 0 Å². The van der Waals surface area contributed by atoms with E-state index in [0.29, 0.717) is 6.42 Å². The summed E-state index contributed by atoms with van der Waals surface area (Å²) in [7, 11) is 0. The lowest BCUT2D eigenvalue weighted by Gasteiger charge is -2.37. The zero-order valence-corrected chi connectivity index (χ0v) is 14.0. The molecule has 2 fully saturated rings. The van der Waals surface area contributed by atoms with Crippen LogP contribution in [0.1, 0.15) is 44.6 Å². The largest absolute Gasteiger partial charge is 0.334 e. The molecule has 1 amide bonds. The van der Waals surface area contributed by atoms with Crippen molar-refractivity contribution < 1.29 is 9.18 Å². The van der Waals surface area contributed by atoms with Crippen LogP contribution < -0.4 is 0 Å². The Balaban J connectivity index is 1.63. The third-order valence-electron chi connectivity index (χ3n) is 5.41. The summed E-state index contributed by atoms with van der Waals surface area (Å²) in [5, 5.41) is 4.34. The number of amides is 1. The molecular weight excluding hydrogens is 295 g/mol. The minimum Gasteiger partial charge on any atom is -0.334 e. The molecule has 0 aliphatic carbocycles. The van der Waals surface area contributed by atoms with E-state index in [2.05, 4.69) is 23.1 Å². The molecule has 0 aromatic carbocycles. The molecule has 6 heteroatoms. The quantitative estimate of drug-likeness (QED) is 0.835. The number of likely N-dealkylation sites (tertiary alicyclic amines) is 2. The molecule has 0 N–H and O–H groups in total. The lowest BCUT2D eigenvalue weighted by atomic mass is 9.88. The van der Waals surface area contributed by atoms with Crippen LogP contribution in [0.4, 0.5) is 4.39 Å². The van der Waals surface area contributed by atoms with E-state index in [4.69, 9.17) is 0 Å². The predicted octanol–water partition coefficient (Wildman–Crippen LogP) is 2.22. The number of halogens is 1. The van der Waals surface area contributed by atoms with Gasteiger partial charge in [0.1, 0.15) is 6.67 Å². The van der Waals surface area contributed by atoms with E-state index in [9.17, 15) is 9.18 Å². The van der Waals surface area contributed by atoms with Crippen LogP contribution in [-0.4, -0.2) is 57.3 Å². The molecule has 1 aromatic rings. The topological polar surface area (TPSA) is 41.4 Å². The standard InChI is InChI=1S/C17H27FN4O/c1-2-21-14-15(12-19-21)13-20-9-3-5-17(7-10-20)6-4-16(23)22(17)11-8-18/h12,14H,2-11,13H2,1H3/t17-/m0/s1. The molecule has 1 atom stereocenters. The van der Waals surface area contributed by atoms with Gasteiger partial charge in [-0.25, -0.2) is 4.39 Å². The first-order chi connectivity index (χ1) is 11.2. The van der Waals surface area contributed by atoms with Crippen molar-refractivity contribution in [3.8, 4) is 0 Å². The van der Waals surface area contributed by atoms with Crippen LogP contribution in [0.25, 0.3) is 0 Å². The van der Waals surface area contributed by atoms with Gasteiger partial charge in [-0.3, -0.25) is 14.4 Å². The number of carbonyl (C=O) groups is 1. The highest BCUT2D eigenvalue weighted by molar-refractivity contribution is 5.79. The first-order valence-corrected chi connectivity index (χ1v) is 8.77. The van der Waals surface area contributed by atoms with Gasteiger partial charge in [0.15, 0.2) is 0 Å². The number of alkyl halides is 1. The summed E-state index contributed by atoms with van der Waals surface area (Å²) in [6, 6.07) is 0. The van der Waals surface area contributed by atoms with Crippen molar-refractivity contribution in [2.75, 3.05) is 26.3 Å². The molecule has 0 unspecified atom stereocenters. The van der Waals surface area contributed by atoms with Crippen LogP contribution in [0.5, 0.6) is 0 Å². The molecule has 5 nitrogen and oxygen atoms in total. The molecule has 1 aromatic heterocycles.